The highest BCUT2D eigenvalue weighted by molar-refractivity contribution is 9.10. The van der Waals surface area contributed by atoms with Crippen LogP contribution >= 0.6 is 27.5 Å². The van der Waals surface area contributed by atoms with Gasteiger partial charge in [-0.25, -0.2) is 9.97 Å². The van der Waals surface area contributed by atoms with E-state index in [1.165, 1.54) is 0 Å². The van der Waals surface area contributed by atoms with Crippen molar-refractivity contribution < 1.29 is 4.79 Å². The predicted molar refractivity (Wildman–Crippen MR) is 111 cm³/mol. The van der Waals surface area contributed by atoms with Crippen LogP contribution in [0.2, 0.25) is 5.02 Å². The van der Waals surface area contributed by atoms with Crippen molar-refractivity contribution in [2.45, 2.75) is 18.9 Å². The molecule has 4 rings (SSSR count). The molecule has 0 aliphatic carbocycles. The van der Waals surface area contributed by atoms with E-state index in [4.69, 9.17) is 11.6 Å². The lowest BCUT2D eigenvalue weighted by Crippen LogP contribution is -2.45. The minimum absolute atomic E-state index is 0.0307. The summed E-state index contributed by atoms with van der Waals surface area (Å²) >= 11 is 9.47. The number of benzene rings is 2. The molecule has 1 N–H and O–H groups in total. The maximum absolute atomic E-state index is 12.4. The summed E-state index contributed by atoms with van der Waals surface area (Å²) < 4.78 is 0.903. The van der Waals surface area contributed by atoms with Crippen LogP contribution in [0.25, 0.3) is 10.9 Å². The van der Waals surface area contributed by atoms with Crippen LogP contribution in [-0.4, -0.2) is 35.0 Å². The Morgan fingerprint density at radius 1 is 1.15 bits per heavy atom. The van der Waals surface area contributed by atoms with Gasteiger partial charge in [-0.1, -0.05) is 33.6 Å². The van der Waals surface area contributed by atoms with Crippen molar-refractivity contribution in [3.8, 4) is 0 Å². The number of aromatic nitrogens is 2. The molecular formula is C20H18BrClN4O. The van der Waals surface area contributed by atoms with Crippen LogP contribution in [0.1, 0.15) is 23.2 Å². The summed E-state index contributed by atoms with van der Waals surface area (Å²) in [6, 6.07) is 13.3. The van der Waals surface area contributed by atoms with E-state index in [-0.39, 0.29) is 11.9 Å². The predicted octanol–water partition coefficient (Wildman–Crippen LogP) is 4.44. The van der Waals surface area contributed by atoms with Gasteiger partial charge in [0.25, 0.3) is 5.91 Å². The van der Waals surface area contributed by atoms with Gasteiger partial charge in [0.15, 0.2) is 0 Å². The second-order valence-corrected chi connectivity index (χ2v) is 7.96. The van der Waals surface area contributed by atoms with Gasteiger partial charge in [-0.2, -0.15) is 0 Å². The van der Waals surface area contributed by atoms with Crippen LogP contribution in [0.15, 0.2) is 53.3 Å². The second-order valence-electron chi connectivity index (χ2n) is 6.60. The molecule has 1 fully saturated rings. The number of anilines is 1. The third-order valence-corrected chi connectivity index (χ3v) is 5.52. The summed E-state index contributed by atoms with van der Waals surface area (Å²) in [5.74, 6) is 0.894. The van der Waals surface area contributed by atoms with E-state index in [9.17, 15) is 4.79 Å². The molecule has 5 nitrogen and oxygen atoms in total. The number of rotatable bonds is 3. The Morgan fingerprint density at radius 2 is 1.96 bits per heavy atom. The average molecular weight is 446 g/mol. The molecule has 0 bridgehead atoms. The standard InChI is InChI=1S/C20H18BrClN4O/c21-14-3-1-2-13(10-14)20(27)25-16-6-8-26(9-7-16)19-17-5-4-15(22)11-18(17)23-12-24-19/h1-5,10-12,16H,6-9H2,(H,25,27). The second kappa shape index (κ2) is 7.82. The first-order valence-corrected chi connectivity index (χ1v) is 9.99. The fourth-order valence-corrected chi connectivity index (χ4v) is 3.97. The number of hydrogen-bond donors (Lipinski definition) is 1. The van der Waals surface area contributed by atoms with Gasteiger partial charge >= 0.3 is 0 Å². The van der Waals surface area contributed by atoms with Gasteiger partial charge in [-0.15, -0.1) is 0 Å². The van der Waals surface area contributed by atoms with E-state index in [2.05, 4.69) is 36.1 Å². The minimum Gasteiger partial charge on any atom is -0.356 e. The summed E-state index contributed by atoms with van der Waals surface area (Å²) in [6.07, 6.45) is 3.33. The number of fused-ring (bicyclic) bond motifs is 1. The number of piperidine rings is 1. The highest BCUT2D eigenvalue weighted by Gasteiger charge is 2.23. The van der Waals surface area contributed by atoms with Gasteiger partial charge in [0.05, 0.1) is 5.52 Å². The van der Waals surface area contributed by atoms with Crippen molar-refractivity contribution >= 4 is 50.2 Å². The number of nitrogens with one attached hydrogen (secondary N) is 1. The van der Waals surface area contributed by atoms with E-state index in [1.54, 1.807) is 6.33 Å². The zero-order valence-electron chi connectivity index (χ0n) is 14.5. The average Bonchev–Trinajstić information content (AvgIpc) is 2.68. The molecule has 27 heavy (non-hydrogen) atoms. The number of carbonyl (C=O) groups excluding carboxylic acids is 1. The Balaban J connectivity index is 1.43. The Kier molecular flexibility index (Phi) is 5.27. The molecule has 0 atom stereocenters. The molecular weight excluding hydrogens is 428 g/mol. The molecule has 2 aromatic carbocycles. The lowest BCUT2D eigenvalue weighted by atomic mass is 10.0. The summed E-state index contributed by atoms with van der Waals surface area (Å²) in [5, 5.41) is 4.81. The topological polar surface area (TPSA) is 58.1 Å². The van der Waals surface area contributed by atoms with Crippen LogP contribution in [0.3, 0.4) is 0 Å². The van der Waals surface area contributed by atoms with Crippen molar-refractivity contribution in [1.82, 2.24) is 15.3 Å². The van der Waals surface area contributed by atoms with Crippen molar-refractivity contribution in [3.05, 3.63) is 63.9 Å². The van der Waals surface area contributed by atoms with Crippen LogP contribution in [0.4, 0.5) is 5.82 Å². The van der Waals surface area contributed by atoms with Gasteiger partial charge in [0.2, 0.25) is 0 Å². The van der Waals surface area contributed by atoms with Crippen LogP contribution < -0.4 is 10.2 Å². The highest BCUT2D eigenvalue weighted by Crippen LogP contribution is 2.27. The van der Waals surface area contributed by atoms with Gasteiger partial charge in [-0.05, 0) is 49.2 Å². The molecule has 1 aromatic heterocycles. The van der Waals surface area contributed by atoms with Crippen molar-refractivity contribution in [2.24, 2.45) is 0 Å². The fourth-order valence-electron chi connectivity index (χ4n) is 3.40. The van der Waals surface area contributed by atoms with Crippen molar-refractivity contribution in [1.29, 1.82) is 0 Å². The zero-order chi connectivity index (χ0) is 18.8. The lowest BCUT2D eigenvalue weighted by Gasteiger charge is -2.33. The summed E-state index contributed by atoms with van der Waals surface area (Å²) in [5.41, 5.74) is 1.52. The smallest absolute Gasteiger partial charge is 0.251 e. The van der Waals surface area contributed by atoms with Gasteiger partial charge in [0, 0.05) is 39.6 Å². The van der Waals surface area contributed by atoms with Crippen LogP contribution in [0, 0.1) is 0 Å². The largest absolute Gasteiger partial charge is 0.356 e. The van der Waals surface area contributed by atoms with E-state index in [1.807, 2.05) is 42.5 Å². The number of amides is 1. The molecule has 3 aromatic rings. The maximum Gasteiger partial charge on any atom is 0.251 e. The van der Waals surface area contributed by atoms with Gasteiger partial charge in [-0.3, -0.25) is 4.79 Å². The van der Waals surface area contributed by atoms with E-state index in [0.29, 0.717) is 10.6 Å². The Morgan fingerprint density at radius 3 is 2.74 bits per heavy atom. The summed E-state index contributed by atoms with van der Waals surface area (Å²) in [7, 11) is 0. The number of hydrogen-bond acceptors (Lipinski definition) is 4. The molecule has 1 aliphatic rings. The van der Waals surface area contributed by atoms with Gasteiger partial charge < -0.3 is 10.2 Å². The quantitative estimate of drug-likeness (QED) is 0.647. The summed E-state index contributed by atoms with van der Waals surface area (Å²) in [4.78, 5) is 23.5. The maximum atomic E-state index is 12.4. The lowest BCUT2D eigenvalue weighted by molar-refractivity contribution is 0.0931. The minimum atomic E-state index is -0.0307. The molecule has 0 spiro atoms. The summed E-state index contributed by atoms with van der Waals surface area (Å²) in [6.45, 7) is 1.66. The monoisotopic (exact) mass is 444 g/mol. The molecule has 1 aliphatic heterocycles. The van der Waals surface area contributed by atoms with E-state index < -0.39 is 0 Å². The Bertz CT molecular complexity index is 989. The first-order valence-electron chi connectivity index (χ1n) is 8.82. The number of halogens is 2. The Labute approximate surface area is 170 Å². The molecule has 1 amide bonds. The first kappa shape index (κ1) is 18.2. The molecule has 0 saturated carbocycles. The van der Waals surface area contributed by atoms with Gasteiger partial charge in [0.1, 0.15) is 12.1 Å². The van der Waals surface area contributed by atoms with Crippen molar-refractivity contribution in [3.63, 3.8) is 0 Å². The number of carbonyl (C=O) groups is 1. The molecule has 2 heterocycles. The molecule has 138 valence electrons. The Hall–Kier alpha value is -2.18. The van der Waals surface area contributed by atoms with E-state index >= 15 is 0 Å². The molecule has 1 saturated heterocycles. The first-order chi connectivity index (χ1) is 13.1. The SMILES string of the molecule is O=C(NC1CCN(c2ncnc3cc(Cl)ccc23)CC1)c1cccc(Br)c1. The molecule has 0 unspecified atom stereocenters. The molecule has 0 radical (unpaired) electrons. The molecule has 7 heteroatoms. The fraction of sp³-hybridized carbons (Fsp3) is 0.250. The highest BCUT2D eigenvalue weighted by atomic mass is 79.9. The van der Waals surface area contributed by atoms with E-state index in [0.717, 1.165) is 47.1 Å². The third kappa shape index (κ3) is 4.06. The van der Waals surface area contributed by atoms with Crippen molar-refractivity contribution in [2.75, 3.05) is 18.0 Å². The zero-order valence-corrected chi connectivity index (χ0v) is 16.9. The normalized spacial score (nSPS) is 15.1. The van der Waals surface area contributed by atoms with Crippen LogP contribution in [-0.2, 0) is 0 Å². The van der Waals surface area contributed by atoms with Crippen LogP contribution in [0.5, 0.6) is 0 Å². The number of nitrogens with zero attached hydrogens (tertiary/aromatic N) is 3. The third-order valence-electron chi connectivity index (χ3n) is 4.79.